The van der Waals surface area contributed by atoms with Gasteiger partial charge in [0.05, 0.1) is 37.4 Å². The molecule has 0 bridgehead atoms. The van der Waals surface area contributed by atoms with Crippen molar-refractivity contribution in [2.24, 2.45) is 0 Å². The minimum Gasteiger partial charge on any atom is -0.495 e. The first-order chi connectivity index (χ1) is 12.6. The third kappa shape index (κ3) is 5.25. The molecule has 2 aromatic carbocycles. The van der Waals surface area contributed by atoms with E-state index in [0.717, 1.165) is 5.56 Å². The average Bonchev–Trinajstić information content (AvgIpc) is 2.66. The lowest BCUT2D eigenvalue weighted by Gasteiger charge is -2.26. The van der Waals surface area contributed by atoms with Crippen LogP contribution in [-0.4, -0.2) is 30.8 Å². The molecule has 136 valence electrons. The van der Waals surface area contributed by atoms with Gasteiger partial charge in [-0.1, -0.05) is 41.9 Å². The number of halogens is 1. The van der Waals surface area contributed by atoms with E-state index in [2.05, 4.69) is 11.4 Å². The van der Waals surface area contributed by atoms with Crippen LogP contribution in [0, 0.1) is 11.3 Å². The Morgan fingerprint density at radius 1 is 1.19 bits per heavy atom. The fourth-order valence-corrected chi connectivity index (χ4v) is 2.89. The minimum absolute atomic E-state index is 0.371. The highest BCUT2D eigenvalue weighted by Gasteiger charge is 2.15. The first-order valence-electron chi connectivity index (χ1n) is 7.97. The molecule has 0 aliphatic rings. The fourth-order valence-electron chi connectivity index (χ4n) is 2.39. The van der Waals surface area contributed by atoms with Gasteiger partial charge in [-0.25, -0.2) is 0 Å². The Morgan fingerprint density at radius 3 is 2.50 bits per heavy atom. The van der Waals surface area contributed by atoms with Crippen LogP contribution in [0.25, 0.3) is 0 Å². The van der Waals surface area contributed by atoms with Crippen molar-refractivity contribution in [1.82, 2.24) is 4.90 Å². The SMILES string of the molecule is COc1cc(NC(=S)N(CCC#N)Cc2ccccc2)c(OC)cc1Cl. The second-order valence-corrected chi connectivity index (χ2v) is 6.23. The monoisotopic (exact) mass is 389 g/mol. The van der Waals surface area contributed by atoms with Crippen molar-refractivity contribution in [3.05, 3.63) is 53.1 Å². The summed E-state index contributed by atoms with van der Waals surface area (Å²) in [4.78, 5) is 1.94. The Hall–Kier alpha value is -2.49. The van der Waals surface area contributed by atoms with Crippen molar-refractivity contribution < 1.29 is 9.47 Å². The van der Waals surface area contributed by atoms with Gasteiger partial charge in [-0.15, -0.1) is 0 Å². The summed E-state index contributed by atoms with van der Waals surface area (Å²) in [6, 6.07) is 15.5. The van der Waals surface area contributed by atoms with Crippen molar-refractivity contribution >= 4 is 34.6 Å². The number of methoxy groups -OCH3 is 2. The van der Waals surface area contributed by atoms with Gasteiger partial charge in [-0.2, -0.15) is 5.26 Å². The van der Waals surface area contributed by atoms with Crippen molar-refractivity contribution in [2.75, 3.05) is 26.1 Å². The number of benzene rings is 2. The van der Waals surface area contributed by atoms with E-state index in [1.165, 1.54) is 0 Å². The maximum absolute atomic E-state index is 8.94. The van der Waals surface area contributed by atoms with Gasteiger partial charge in [0.15, 0.2) is 5.11 Å². The van der Waals surface area contributed by atoms with Crippen LogP contribution in [0.5, 0.6) is 11.5 Å². The molecule has 0 aromatic heterocycles. The summed E-state index contributed by atoms with van der Waals surface area (Å²) in [6.07, 6.45) is 0.371. The summed E-state index contributed by atoms with van der Waals surface area (Å²) in [6.45, 7) is 1.12. The Kier molecular flexibility index (Phi) is 7.52. The summed E-state index contributed by atoms with van der Waals surface area (Å²) in [5.74, 6) is 1.07. The predicted molar refractivity (Wildman–Crippen MR) is 108 cm³/mol. The van der Waals surface area contributed by atoms with Crippen molar-refractivity contribution in [3.63, 3.8) is 0 Å². The molecule has 5 nitrogen and oxygen atoms in total. The Morgan fingerprint density at radius 2 is 1.88 bits per heavy atom. The number of rotatable bonds is 7. The molecule has 0 saturated carbocycles. The number of ether oxygens (including phenoxy) is 2. The van der Waals surface area contributed by atoms with Crippen LogP contribution in [0.4, 0.5) is 5.69 Å². The molecular weight excluding hydrogens is 370 g/mol. The number of hydrogen-bond acceptors (Lipinski definition) is 4. The van der Waals surface area contributed by atoms with Gasteiger partial charge in [0, 0.05) is 25.2 Å². The van der Waals surface area contributed by atoms with Crippen LogP contribution < -0.4 is 14.8 Å². The lowest BCUT2D eigenvalue weighted by atomic mass is 10.2. The molecule has 0 amide bonds. The molecule has 26 heavy (non-hydrogen) atoms. The van der Waals surface area contributed by atoms with Crippen LogP contribution in [0.1, 0.15) is 12.0 Å². The van der Waals surface area contributed by atoms with E-state index in [0.29, 0.717) is 46.8 Å². The van der Waals surface area contributed by atoms with Crippen LogP contribution in [-0.2, 0) is 6.54 Å². The number of thiocarbonyl (C=S) groups is 1. The lowest BCUT2D eigenvalue weighted by molar-refractivity contribution is 0.404. The van der Waals surface area contributed by atoms with Gasteiger partial charge in [0.1, 0.15) is 11.5 Å². The number of nitrogens with zero attached hydrogens (tertiary/aromatic N) is 2. The van der Waals surface area contributed by atoms with Gasteiger partial charge in [0.25, 0.3) is 0 Å². The Balaban J connectivity index is 2.22. The van der Waals surface area contributed by atoms with E-state index in [9.17, 15) is 0 Å². The highest BCUT2D eigenvalue weighted by Crippen LogP contribution is 2.36. The quantitative estimate of drug-likeness (QED) is 0.705. The first kappa shape index (κ1) is 19.8. The van der Waals surface area contributed by atoms with E-state index < -0.39 is 0 Å². The van der Waals surface area contributed by atoms with E-state index in [1.54, 1.807) is 26.4 Å². The molecule has 0 heterocycles. The Bertz CT molecular complexity index is 793. The van der Waals surface area contributed by atoms with Gasteiger partial charge >= 0.3 is 0 Å². The van der Waals surface area contributed by atoms with Crippen LogP contribution in [0.2, 0.25) is 5.02 Å². The Labute approximate surface area is 164 Å². The lowest BCUT2D eigenvalue weighted by Crippen LogP contribution is -2.35. The number of anilines is 1. The largest absolute Gasteiger partial charge is 0.495 e. The summed E-state index contributed by atoms with van der Waals surface area (Å²) >= 11 is 11.7. The summed E-state index contributed by atoms with van der Waals surface area (Å²) in [5.41, 5.74) is 1.75. The molecular formula is C19H20ClN3O2S. The number of nitriles is 1. The third-order valence-corrected chi connectivity index (χ3v) is 4.37. The molecule has 0 atom stereocenters. The summed E-state index contributed by atoms with van der Waals surface area (Å²) < 4.78 is 10.6. The molecule has 0 unspecified atom stereocenters. The van der Waals surface area contributed by atoms with Crippen molar-refractivity contribution in [1.29, 1.82) is 5.26 Å². The van der Waals surface area contributed by atoms with Crippen molar-refractivity contribution in [3.8, 4) is 17.6 Å². The molecule has 7 heteroatoms. The average molecular weight is 390 g/mol. The maximum Gasteiger partial charge on any atom is 0.173 e. The number of nitrogens with one attached hydrogen (secondary N) is 1. The van der Waals surface area contributed by atoms with E-state index in [-0.39, 0.29) is 0 Å². The minimum atomic E-state index is 0.371. The fraction of sp³-hybridized carbons (Fsp3) is 0.263. The van der Waals surface area contributed by atoms with E-state index >= 15 is 0 Å². The molecule has 2 rings (SSSR count). The second kappa shape index (κ2) is 9.85. The highest BCUT2D eigenvalue weighted by atomic mass is 35.5. The third-order valence-electron chi connectivity index (χ3n) is 3.71. The van der Waals surface area contributed by atoms with Crippen LogP contribution in [0.3, 0.4) is 0 Å². The zero-order valence-corrected chi connectivity index (χ0v) is 16.2. The normalized spacial score (nSPS) is 9.92. The van der Waals surface area contributed by atoms with Crippen LogP contribution in [0.15, 0.2) is 42.5 Å². The molecule has 0 radical (unpaired) electrons. The maximum atomic E-state index is 8.94. The molecule has 0 aliphatic heterocycles. The zero-order valence-electron chi connectivity index (χ0n) is 14.7. The molecule has 0 spiro atoms. The molecule has 2 aromatic rings. The standard InChI is InChI=1S/C19H20ClN3O2S/c1-24-17-12-16(18(25-2)11-15(17)20)22-19(26)23(10-6-9-21)13-14-7-4-3-5-8-14/h3-5,7-8,11-12H,6,10,13H2,1-2H3,(H,22,26). The predicted octanol–water partition coefficient (Wildman–Crippen LogP) is 4.47. The topological polar surface area (TPSA) is 57.5 Å². The smallest absolute Gasteiger partial charge is 0.173 e. The molecule has 1 N–H and O–H groups in total. The summed E-state index contributed by atoms with van der Waals surface area (Å²) in [7, 11) is 3.11. The second-order valence-electron chi connectivity index (χ2n) is 5.43. The van der Waals surface area contributed by atoms with E-state index in [1.807, 2.05) is 35.2 Å². The summed E-state index contributed by atoms with van der Waals surface area (Å²) in [5, 5.41) is 13.1. The van der Waals surface area contributed by atoms with Gasteiger partial charge in [-0.3, -0.25) is 0 Å². The molecule has 0 saturated heterocycles. The molecule has 0 fully saturated rings. The van der Waals surface area contributed by atoms with Gasteiger partial charge in [-0.05, 0) is 17.8 Å². The van der Waals surface area contributed by atoms with Gasteiger partial charge in [0.2, 0.25) is 0 Å². The first-order valence-corrected chi connectivity index (χ1v) is 8.76. The molecule has 0 aliphatic carbocycles. The zero-order chi connectivity index (χ0) is 18.9. The van der Waals surface area contributed by atoms with E-state index in [4.69, 9.17) is 38.6 Å². The van der Waals surface area contributed by atoms with Crippen molar-refractivity contribution in [2.45, 2.75) is 13.0 Å². The highest BCUT2D eigenvalue weighted by molar-refractivity contribution is 7.80. The van der Waals surface area contributed by atoms with Crippen LogP contribution >= 0.6 is 23.8 Å². The van der Waals surface area contributed by atoms with Gasteiger partial charge < -0.3 is 19.7 Å². The number of hydrogen-bond donors (Lipinski definition) is 1.